The van der Waals surface area contributed by atoms with Gasteiger partial charge < -0.3 is 24.1 Å². The van der Waals surface area contributed by atoms with Crippen molar-refractivity contribution in [3.8, 4) is 23.0 Å². The second kappa shape index (κ2) is 24.1. The van der Waals surface area contributed by atoms with Crippen molar-refractivity contribution >= 4 is 11.9 Å². The van der Waals surface area contributed by atoms with Crippen molar-refractivity contribution in [2.75, 3.05) is 19.8 Å². The first-order chi connectivity index (χ1) is 22.0. The van der Waals surface area contributed by atoms with Gasteiger partial charge in [-0.3, -0.25) is 0 Å². The highest BCUT2D eigenvalue weighted by molar-refractivity contribution is 5.93. The van der Waals surface area contributed by atoms with E-state index in [1.807, 2.05) is 0 Å². The molecule has 0 aromatic heterocycles. The molecule has 0 aliphatic rings. The summed E-state index contributed by atoms with van der Waals surface area (Å²) in [5, 5.41) is 9.19. The lowest BCUT2D eigenvalue weighted by Crippen LogP contribution is -2.12. The molecule has 2 aromatic carbocycles. The molecule has 0 atom stereocenters. The highest BCUT2D eigenvalue weighted by Gasteiger charge is 2.21. The molecule has 0 spiro atoms. The lowest BCUT2D eigenvalue weighted by molar-refractivity contribution is 0.0696. The number of carbonyl (C=O) groups excluding carboxylic acids is 1. The number of hydrogen-bond acceptors (Lipinski definition) is 6. The van der Waals surface area contributed by atoms with E-state index in [0.29, 0.717) is 42.6 Å². The Morgan fingerprint density at radius 1 is 0.533 bits per heavy atom. The molecule has 45 heavy (non-hydrogen) atoms. The molecule has 0 radical (unpaired) electrons. The molecule has 2 aromatic rings. The SMILES string of the molecule is CCCCCCCCOc1cc(C(=O)Oc2ccc(C(=O)O)cc2)cc(OCCCCCCCC)c1OCCCCCCCC. The molecule has 0 amide bonds. The smallest absolute Gasteiger partial charge is 0.343 e. The summed E-state index contributed by atoms with van der Waals surface area (Å²) in [6.45, 7) is 8.23. The first-order valence-electron chi connectivity index (χ1n) is 17.6. The van der Waals surface area contributed by atoms with Crippen molar-refractivity contribution in [1.29, 1.82) is 0 Å². The zero-order valence-electron chi connectivity index (χ0n) is 28.2. The Hall–Kier alpha value is -3.22. The Bertz CT molecular complexity index is 1040. The van der Waals surface area contributed by atoms with Crippen LogP contribution >= 0.6 is 0 Å². The number of ether oxygens (including phenoxy) is 4. The Balaban J connectivity index is 2.22. The molecule has 0 aliphatic carbocycles. The van der Waals surface area contributed by atoms with Gasteiger partial charge in [-0.05, 0) is 55.7 Å². The number of hydrogen-bond donors (Lipinski definition) is 1. The van der Waals surface area contributed by atoms with Crippen LogP contribution in [0.2, 0.25) is 0 Å². The zero-order chi connectivity index (χ0) is 32.5. The molecule has 0 saturated heterocycles. The summed E-state index contributed by atoms with van der Waals surface area (Å²) in [4.78, 5) is 24.5. The summed E-state index contributed by atoms with van der Waals surface area (Å²) in [7, 11) is 0. The minimum absolute atomic E-state index is 0.123. The number of aromatic carboxylic acids is 1. The molecular weight excluding hydrogens is 568 g/mol. The van der Waals surface area contributed by atoms with Gasteiger partial charge in [0.15, 0.2) is 11.5 Å². The Labute approximate surface area is 272 Å². The van der Waals surface area contributed by atoms with E-state index in [1.54, 1.807) is 12.1 Å². The number of carboxylic acid groups (broad SMARTS) is 1. The number of carbonyl (C=O) groups is 2. The van der Waals surface area contributed by atoms with Crippen molar-refractivity contribution in [2.24, 2.45) is 0 Å². The molecule has 0 fully saturated rings. The van der Waals surface area contributed by atoms with Gasteiger partial charge >= 0.3 is 11.9 Å². The van der Waals surface area contributed by atoms with Gasteiger partial charge in [0.25, 0.3) is 0 Å². The lowest BCUT2D eigenvalue weighted by Gasteiger charge is -2.19. The fraction of sp³-hybridized carbons (Fsp3) is 0.632. The van der Waals surface area contributed by atoms with Crippen molar-refractivity contribution < 1.29 is 33.6 Å². The number of benzene rings is 2. The van der Waals surface area contributed by atoms with Crippen LogP contribution in [0.25, 0.3) is 0 Å². The molecule has 252 valence electrons. The molecule has 1 N–H and O–H groups in total. The summed E-state index contributed by atoms with van der Waals surface area (Å²) in [6, 6.07) is 9.14. The first-order valence-corrected chi connectivity index (χ1v) is 17.6. The van der Waals surface area contributed by atoms with Crippen molar-refractivity contribution in [1.82, 2.24) is 0 Å². The van der Waals surface area contributed by atoms with E-state index in [2.05, 4.69) is 20.8 Å². The molecule has 0 unspecified atom stereocenters. The molecule has 0 aliphatic heterocycles. The van der Waals surface area contributed by atoms with E-state index in [-0.39, 0.29) is 11.3 Å². The predicted octanol–water partition coefficient (Wildman–Crippen LogP) is 10.8. The predicted molar refractivity (Wildman–Crippen MR) is 181 cm³/mol. The van der Waals surface area contributed by atoms with E-state index in [0.717, 1.165) is 38.5 Å². The van der Waals surface area contributed by atoms with Gasteiger partial charge in [0, 0.05) is 0 Å². The molecule has 0 bridgehead atoms. The highest BCUT2D eigenvalue weighted by atomic mass is 16.5. The monoisotopic (exact) mass is 626 g/mol. The van der Waals surface area contributed by atoms with Gasteiger partial charge in [-0.15, -0.1) is 0 Å². The van der Waals surface area contributed by atoms with E-state index < -0.39 is 11.9 Å². The van der Waals surface area contributed by atoms with Gasteiger partial charge in [0.2, 0.25) is 5.75 Å². The number of esters is 1. The van der Waals surface area contributed by atoms with E-state index in [4.69, 9.17) is 18.9 Å². The van der Waals surface area contributed by atoms with Crippen LogP contribution in [-0.4, -0.2) is 36.9 Å². The Morgan fingerprint density at radius 2 is 0.933 bits per heavy atom. The first kappa shape index (κ1) is 38.0. The highest BCUT2D eigenvalue weighted by Crippen LogP contribution is 2.40. The van der Waals surface area contributed by atoms with Gasteiger partial charge in [-0.2, -0.15) is 0 Å². The van der Waals surface area contributed by atoms with Gasteiger partial charge in [-0.25, -0.2) is 9.59 Å². The average molecular weight is 627 g/mol. The van der Waals surface area contributed by atoms with Crippen LogP contribution in [0.5, 0.6) is 23.0 Å². The van der Waals surface area contributed by atoms with Crippen molar-refractivity contribution in [3.63, 3.8) is 0 Å². The third-order valence-corrected chi connectivity index (χ3v) is 7.82. The molecule has 0 heterocycles. The van der Waals surface area contributed by atoms with Crippen LogP contribution in [0.3, 0.4) is 0 Å². The summed E-state index contributed by atoms with van der Waals surface area (Å²) < 4.78 is 24.5. The van der Waals surface area contributed by atoms with Gasteiger partial charge in [0.1, 0.15) is 5.75 Å². The third kappa shape index (κ3) is 16.1. The maximum atomic E-state index is 13.3. The lowest BCUT2D eigenvalue weighted by atomic mass is 10.1. The second-order valence-electron chi connectivity index (χ2n) is 11.9. The maximum Gasteiger partial charge on any atom is 0.343 e. The normalized spacial score (nSPS) is 10.9. The number of unbranched alkanes of at least 4 members (excludes halogenated alkanes) is 15. The summed E-state index contributed by atoms with van der Waals surface area (Å²) in [6.07, 6.45) is 20.7. The molecule has 7 nitrogen and oxygen atoms in total. The fourth-order valence-corrected chi connectivity index (χ4v) is 5.07. The van der Waals surface area contributed by atoms with Crippen LogP contribution in [0, 0.1) is 0 Å². The fourth-order valence-electron chi connectivity index (χ4n) is 5.07. The minimum Gasteiger partial charge on any atom is -0.490 e. The largest absolute Gasteiger partial charge is 0.490 e. The van der Waals surface area contributed by atoms with Crippen LogP contribution in [-0.2, 0) is 0 Å². The van der Waals surface area contributed by atoms with Crippen molar-refractivity contribution in [3.05, 3.63) is 47.5 Å². The Morgan fingerprint density at radius 3 is 1.36 bits per heavy atom. The van der Waals surface area contributed by atoms with Gasteiger partial charge in [0.05, 0.1) is 30.9 Å². The van der Waals surface area contributed by atoms with Gasteiger partial charge in [-0.1, -0.05) is 117 Å². The molecular formula is C38H58O7. The minimum atomic E-state index is -1.04. The quantitative estimate of drug-likeness (QED) is 0.0599. The molecule has 7 heteroatoms. The standard InChI is InChI=1S/C38H58O7/c1-4-7-10-13-16-19-26-42-34-29-32(38(41)45-33-24-22-31(23-25-33)37(39)40)30-35(43-27-20-17-14-11-8-5-2)36(34)44-28-21-18-15-12-9-6-3/h22-25,29-30H,4-21,26-28H2,1-3H3,(H,39,40). The van der Waals surface area contributed by atoms with Crippen molar-refractivity contribution in [2.45, 2.75) is 136 Å². The van der Waals surface area contributed by atoms with Crippen LogP contribution in [0.4, 0.5) is 0 Å². The van der Waals surface area contributed by atoms with E-state index in [9.17, 15) is 14.7 Å². The summed E-state index contributed by atoms with van der Waals surface area (Å²) in [5.74, 6) is 0.171. The summed E-state index contributed by atoms with van der Waals surface area (Å²) >= 11 is 0. The number of rotatable bonds is 27. The van der Waals surface area contributed by atoms with E-state index >= 15 is 0 Å². The van der Waals surface area contributed by atoms with Crippen LogP contribution in [0.1, 0.15) is 157 Å². The number of carboxylic acids is 1. The van der Waals surface area contributed by atoms with E-state index in [1.165, 1.54) is 101 Å². The molecule has 2 rings (SSSR count). The second-order valence-corrected chi connectivity index (χ2v) is 11.9. The molecule has 0 saturated carbocycles. The third-order valence-electron chi connectivity index (χ3n) is 7.82. The topological polar surface area (TPSA) is 91.3 Å². The maximum absolute atomic E-state index is 13.3. The summed E-state index contributed by atoms with van der Waals surface area (Å²) in [5.41, 5.74) is 0.414. The zero-order valence-corrected chi connectivity index (χ0v) is 28.2. The van der Waals surface area contributed by atoms with Crippen LogP contribution < -0.4 is 18.9 Å². The average Bonchev–Trinajstić information content (AvgIpc) is 3.04. The van der Waals surface area contributed by atoms with Crippen LogP contribution in [0.15, 0.2) is 36.4 Å². The Kier molecular flexibility index (Phi) is 20.3.